The highest BCUT2D eigenvalue weighted by atomic mass is 16.5. The molecule has 0 spiro atoms. The highest BCUT2D eigenvalue weighted by Gasteiger charge is 2.23. The number of aliphatic imine (C=N–C) groups is 2. The third-order valence-electron chi connectivity index (χ3n) is 8.85. The van der Waals surface area contributed by atoms with Crippen LogP contribution in [0.3, 0.4) is 0 Å². The second kappa shape index (κ2) is 10.4. The molecule has 3 heterocycles. The van der Waals surface area contributed by atoms with E-state index < -0.39 is 0 Å². The van der Waals surface area contributed by atoms with Crippen molar-refractivity contribution in [1.29, 1.82) is 0 Å². The molecule has 1 aromatic heterocycles. The molecule has 0 fully saturated rings. The molecule has 1 unspecified atom stereocenters. The lowest BCUT2D eigenvalue weighted by molar-refractivity contribution is 0.487. The minimum absolute atomic E-state index is 0.00837. The molecule has 0 saturated carbocycles. The number of pyridine rings is 1. The lowest BCUT2D eigenvalue weighted by Gasteiger charge is -2.22. The quantitative estimate of drug-likeness (QED) is 0.209. The van der Waals surface area contributed by atoms with Crippen LogP contribution in [0.5, 0.6) is 11.5 Å². The van der Waals surface area contributed by atoms with Gasteiger partial charge in [0.05, 0.1) is 17.4 Å². The van der Waals surface area contributed by atoms with E-state index >= 15 is 0 Å². The van der Waals surface area contributed by atoms with E-state index in [1.807, 2.05) is 42.6 Å². The predicted molar refractivity (Wildman–Crippen MR) is 184 cm³/mol. The van der Waals surface area contributed by atoms with Crippen molar-refractivity contribution in [2.45, 2.75) is 12.5 Å². The van der Waals surface area contributed by atoms with Gasteiger partial charge in [-0.15, -0.1) is 0 Å². The number of para-hydroxylation sites is 1. The first kappa shape index (κ1) is 25.6. The summed E-state index contributed by atoms with van der Waals surface area (Å²) >= 11 is 0. The molecule has 2 aliphatic rings. The molecular formula is C41H27N3O. The van der Waals surface area contributed by atoms with Crippen LogP contribution < -0.4 is 4.74 Å². The summed E-state index contributed by atoms with van der Waals surface area (Å²) in [6, 6.07) is 48.4. The predicted octanol–water partition coefficient (Wildman–Crippen LogP) is 10.2. The van der Waals surface area contributed by atoms with E-state index in [9.17, 15) is 0 Å². The van der Waals surface area contributed by atoms with Crippen molar-refractivity contribution >= 4 is 33.1 Å². The minimum atomic E-state index is 0.00837. The van der Waals surface area contributed by atoms with E-state index in [2.05, 4.69) is 103 Å². The van der Waals surface area contributed by atoms with Gasteiger partial charge in [-0.3, -0.25) is 9.98 Å². The smallest absolute Gasteiger partial charge is 0.155 e. The highest BCUT2D eigenvalue weighted by molar-refractivity contribution is 6.15. The molecule has 212 valence electrons. The van der Waals surface area contributed by atoms with Crippen molar-refractivity contribution in [3.63, 3.8) is 0 Å². The zero-order valence-corrected chi connectivity index (χ0v) is 24.4. The molecule has 1 atom stereocenters. The lowest BCUT2D eigenvalue weighted by Crippen LogP contribution is -2.17. The van der Waals surface area contributed by atoms with Gasteiger partial charge in [-0.05, 0) is 57.8 Å². The van der Waals surface area contributed by atoms with E-state index in [4.69, 9.17) is 19.7 Å². The van der Waals surface area contributed by atoms with Crippen molar-refractivity contribution in [3.05, 3.63) is 162 Å². The van der Waals surface area contributed by atoms with Crippen molar-refractivity contribution < 1.29 is 4.74 Å². The Hall–Kier alpha value is -5.87. The Kier molecular flexibility index (Phi) is 5.91. The standard InChI is InChI=1S/C41H27N3O/c1-3-10-26(11-4-1)35-24-36(44-41(43-35)27-12-5-2-6-13-27)29-19-18-28-23-37(42-25-30(28)22-29)31-20-21-39-40-33(31)15-9-16-34(40)32-14-7-8-17-38(32)45-39/h1-23,25,35H,24H2. The maximum Gasteiger partial charge on any atom is 0.155 e. The number of ether oxygens (including phenoxy) is 1. The number of rotatable bonds is 4. The van der Waals surface area contributed by atoms with Crippen molar-refractivity contribution in [1.82, 2.24) is 4.98 Å². The first-order valence-electron chi connectivity index (χ1n) is 15.3. The maximum atomic E-state index is 6.31. The normalized spacial score (nSPS) is 15.2. The van der Waals surface area contributed by atoms with Crippen LogP contribution in [0.1, 0.15) is 29.2 Å². The average Bonchev–Trinajstić information content (AvgIpc) is 3.12. The fraction of sp³-hybridized carbons (Fsp3) is 0.0488. The molecule has 45 heavy (non-hydrogen) atoms. The molecule has 7 aromatic rings. The Balaban J connectivity index is 1.11. The van der Waals surface area contributed by atoms with Crippen LogP contribution in [0.15, 0.2) is 156 Å². The minimum Gasteiger partial charge on any atom is -0.456 e. The Morgan fingerprint density at radius 2 is 1.38 bits per heavy atom. The van der Waals surface area contributed by atoms with E-state index in [0.717, 1.165) is 79.0 Å². The Labute approximate surface area is 261 Å². The number of hydrogen-bond donors (Lipinski definition) is 0. The summed E-state index contributed by atoms with van der Waals surface area (Å²) < 4.78 is 6.31. The van der Waals surface area contributed by atoms with Crippen LogP contribution in [-0.2, 0) is 0 Å². The van der Waals surface area contributed by atoms with Gasteiger partial charge < -0.3 is 4.74 Å². The zero-order valence-electron chi connectivity index (χ0n) is 24.4. The molecular weight excluding hydrogens is 550 g/mol. The molecule has 0 N–H and O–H groups in total. The fourth-order valence-corrected chi connectivity index (χ4v) is 6.63. The van der Waals surface area contributed by atoms with Crippen LogP contribution in [0.4, 0.5) is 0 Å². The van der Waals surface area contributed by atoms with Crippen molar-refractivity contribution in [2.75, 3.05) is 0 Å². The first-order valence-corrected chi connectivity index (χ1v) is 15.3. The molecule has 0 saturated heterocycles. The summed E-state index contributed by atoms with van der Waals surface area (Å²) in [6.07, 6.45) is 2.73. The Morgan fingerprint density at radius 3 is 2.27 bits per heavy atom. The molecule has 0 radical (unpaired) electrons. The Morgan fingerprint density at radius 1 is 0.578 bits per heavy atom. The van der Waals surface area contributed by atoms with Crippen LogP contribution >= 0.6 is 0 Å². The fourth-order valence-electron chi connectivity index (χ4n) is 6.63. The molecule has 0 bridgehead atoms. The number of hydrogen-bond acceptors (Lipinski definition) is 4. The van der Waals surface area contributed by atoms with E-state index in [-0.39, 0.29) is 6.04 Å². The highest BCUT2D eigenvalue weighted by Crippen LogP contribution is 2.48. The van der Waals surface area contributed by atoms with Crippen LogP contribution in [0.25, 0.3) is 43.9 Å². The topological polar surface area (TPSA) is 46.8 Å². The number of fused-ring (bicyclic) bond motifs is 3. The van der Waals surface area contributed by atoms with E-state index in [1.165, 1.54) is 11.1 Å². The van der Waals surface area contributed by atoms with E-state index in [1.54, 1.807) is 0 Å². The third-order valence-corrected chi connectivity index (χ3v) is 8.85. The monoisotopic (exact) mass is 577 g/mol. The van der Waals surface area contributed by atoms with Crippen LogP contribution in [0, 0.1) is 0 Å². The SMILES string of the molecule is c1ccc(C2=NC(c3ccccc3)CC(c3ccc4cc(-c5ccc6c7c(cccc57)-c5ccccc5O6)ncc4c3)=N2)cc1. The van der Waals surface area contributed by atoms with Crippen LogP contribution in [-0.4, -0.2) is 16.5 Å². The molecule has 6 aromatic carbocycles. The average molecular weight is 578 g/mol. The second-order valence-corrected chi connectivity index (χ2v) is 11.6. The number of amidine groups is 1. The largest absolute Gasteiger partial charge is 0.456 e. The summed E-state index contributed by atoms with van der Waals surface area (Å²) in [5, 5.41) is 4.49. The molecule has 2 aliphatic heterocycles. The van der Waals surface area contributed by atoms with Gasteiger partial charge in [-0.25, -0.2) is 4.99 Å². The van der Waals surface area contributed by atoms with Crippen molar-refractivity contribution in [3.8, 4) is 33.9 Å². The van der Waals surface area contributed by atoms with E-state index in [0.29, 0.717) is 0 Å². The maximum absolute atomic E-state index is 6.31. The second-order valence-electron chi connectivity index (χ2n) is 11.6. The van der Waals surface area contributed by atoms with Gasteiger partial charge in [-0.2, -0.15) is 0 Å². The van der Waals surface area contributed by atoms with Gasteiger partial charge in [-0.1, -0.05) is 109 Å². The molecule has 9 rings (SSSR count). The molecule has 0 aliphatic carbocycles. The van der Waals surface area contributed by atoms with Gasteiger partial charge in [0, 0.05) is 40.1 Å². The van der Waals surface area contributed by atoms with Crippen LogP contribution in [0.2, 0.25) is 0 Å². The summed E-state index contributed by atoms with van der Waals surface area (Å²) in [5.41, 5.74) is 8.69. The van der Waals surface area contributed by atoms with Gasteiger partial charge in [0.25, 0.3) is 0 Å². The third kappa shape index (κ3) is 4.42. The lowest BCUT2D eigenvalue weighted by atomic mass is 9.91. The summed E-state index contributed by atoms with van der Waals surface area (Å²) in [5.74, 6) is 2.55. The first-order chi connectivity index (χ1) is 22.3. The number of aromatic nitrogens is 1. The Bertz CT molecular complexity index is 2320. The molecule has 4 nitrogen and oxygen atoms in total. The number of nitrogens with zero attached hydrogens (tertiary/aromatic N) is 3. The van der Waals surface area contributed by atoms with Crippen molar-refractivity contribution in [2.24, 2.45) is 9.98 Å². The molecule has 4 heteroatoms. The summed E-state index contributed by atoms with van der Waals surface area (Å²) in [4.78, 5) is 15.1. The van der Waals surface area contributed by atoms with Gasteiger partial charge >= 0.3 is 0 Å². The summed E-state index contributed by atoms with van der Waals surface area (Å²) in [6.45, 7) is 0. The number of benzene rings is 6. The molecule has 0 amide bonds. The zero-order chi connectivity index (χ0) is 29.7. The van der Waals surface area contributed by atoms with Gasteiger partial charge in [0.1, 0.15) is 11.5 Å². The van der Waals surface area contributed by atoms with Gasteiger partial charge in [0.15, 0.2) is 5.84 Å². The summed E-state index contributed by atoms with van der Waals surface area (Å²) in [7, 11) is 0. The van der Waals surface area contributed by atoms with Gasteiger partial charge in [0.2, 0.25) is 0 Å².